The molecule has 206 valence electrons. The fourth-order valence-electron chi connectivity index (χ4n) is 5.25. The highest BCUT2D eigenvalue weighted by Crippen LogP contribution is 2.37. The molecular formula is C26H47N5O4S. The number of nitrogens with one attached hydrogen (secondary N) is 3. The van der Waals surface area contributed by atoms with Gasteiger partial charge in [-0.3, -0.25) is 15.0 Å². The fourth-order valence-corrected chi connectivity index (χ4v) is 6.74. The van der Waals surface area contributed by atoms with E-state index in [1.54, 1.807) is 18.7 Å². The van der Waals surface area contributed by atoms with Crippen LogP contribution in [0.4, 0.5) is 4.79 Å². The minimum absolute atomic E-state index is 0.0315. The number of hydrogen-bond acceptors (Lipinski definition) is 6. The van der Waals surface area contributed by atoms with E-state index in [1.165, 1.54) is 24.2 Å². The predicted octanol–water partition coefficient (Wildman–Crippen LogP) is 3.65. The van der Waals surface area contributed by atoms with E-state index in [0.29, 0.717) is 24.1 Å². The lowest BCUT2D eigenvalue weighted by Crippen LogP contribution is -2.60. The summed E-state index contributed by atoms with van der Waals surface area (Å²) in [6.07, 6.45) is 7.36. The van der Waals surface area contributed by atoms with Crippen LogP contribution in [0.3, 0.4) is 0 Å². The van der Waals surface area contributed by atoms with E-state index >= 15 is 0 Å². The minimum Gasteiger partial charge on any atom is -0.450 e. The normalized spacial score (nSPS) is 21.8. The molecule has 1 aliphatic heterocycles. The van der Waals surface area contributed by atoms with E-state index in [4.69, 9.17) is 15.9 Å². The van der Waals surface area contributed by atoms with Crippen LogP contribution in [0.2, 0.25) is 0 Å². The van der Waals surface area contributed by atoms with Crippen molar-refractivity contribution < 1.29 is 19.1 Å². The molecule has 0 aromatic rings. The number of hydrogen-bond donors (Lipinski definition) is 4. The first-order chi connectivity index (χ1) is 17.0. The van der Waals surface area contributed by atoms with Crippen LogP contribution in [0.1, 0.15) is 86.0 Å². The summed E-state index contributed by atoms with van der Waals surface area (Å²) in [6, 6.07) is -1.63. The molecule has 3 atom stereocenters. The monoisotopic (exact) mass is 525 g/mol. The lowest BCUT2D eigenvalue weighted by Gasteiger charge is -2.38. The van der Waals surface area contributed by atoms with Crippen LogP contribution in [0, 0.1) is 17.2 Å². The molecule has 0 spiro atoms. The molecule has 1 heterocycles. The first-order valence-corrected chi connectivity index (χ1v) is 14.4. The van der Waals surface area contributed by atoms with E-state index in [1.807, 2.05) is 13.8 Å². The molecule has 3 amide bonds. The molecule has 0 aromatic carbocycles. The fraction of sp³-hybridized carbons (Fsp3) is 0.846. The molecule has 0 unspecified atom stereocenters. The molecule has 2 aliphatic rings. The molecule has 36 heavy (non-hydrogen) atoms. The van der Waals surface area contributed by atoms with Crippen LogP contribution in [-0.2, 0) is 14.3 Å². The molecule has 2 rings (SSSR count). The Kier molecular flexibility index (Phi) is 11.8. The van der Waals surface area contributed by atoms with Crippen molar-refractivity contribution in [1.82, 2.24) is 15.5 Å². The van der Waals surface area contributed by atoms with Crippen LogP contribution in [0.5, 0.6) is 0 Å². The van der Waals surface area contributed by atoms with Crippen molar-refractivity contribution in [2.75, 3.05) is 19.7 Å². The van der Waals surface area contributed by atoms with Crippen LogP contribution in [0.25, 0.3) is 0 Å². The zero-order valence-electron chi connectivity index (χ0n) is 22.7. The van der Waals surface area contributed by atoms with Gasteiger partial charge in [-0.25, -0.2) is 4.79 Å². The molecular weight excluding hydrogens is 478 g/mol. The van der Waals surface area contributed by atoms with Gasteiger partial charge in [0.1, 0.15) is 12.1 Å². The van der Waals surface area contributed by atoms with E-state index in [9.17, 15) is 14.4 Å². The van der Waals surface area contributed by atoms with Crippen molar-refractivity contribution in [1.29, 1.82) is 5.41 Å². The Labute approximate surface area is 220 Å². The number of thioether (sulfide) groups is 1. The van der Waals surface area contributed by atoms with Crippen LogP contribution in [-0.4, -0.2) is 70.4 Å². The molecule has 10 heteroatoms. The maximum Gasteiger partial charge on any atom is 0.407 e. The third-order valence-corrected chi connectivity index (χ3v) is 9.32. The summed E-state index contributed by atoms with van der Waals surface area (Å²) >= 11 is 1.66. The minimum atomic E-state index is -0.901. The van der Waals surface area contributed by atoms with Gasteiger partial charge in [0, 0.05) is 29.0 Å². The van der Waals surface area contributed by atoms with Gasteiger partial charge in [-0.05, 0) is 58.8 Å². The first kappa shape index (κ1) is 30.3. The average molecular weight is 526 g/mol. The maximum absolute atomic E-state index is 14.0. The van der Waals surface area contributed by atoms with Gasteiger partial charge in [0.15, 0.2) is 0 Å². The average Bonchev–Trinajstić information content (AvgIpc) is 3.31. The number of carbonyl (C=O) groups excluding carboxylic acids is 3. The Morgan fingerprint density at radius 3 is 2.33 bits per heavy atom. The Morgan fingerprint density at radius 1 is 1.14 bits per heavy atom. The molecule has 1 aliphatic carbocycles. The van der Waals surface area contributed by atoms with Crippen molar-refractivity contribution in [2.45, 2.75) is 108 Å². The Balaban J connectivity index is 2.27. The smallest absolute Gasteiger partial charge is 0.407 e. The number of alkyl carbamates (subject to hydrolysis) is 1. The molecule has 0 bridgehead atoms. The van der Waals surface area contributed by atoms with Crippen molar-refractivity contribution >= 4 is 35.5 Å². The Bertz CT molecular complexity index is 767. The van der Waals surface area contributed by atoms with E-state index < -0.39 is 28.8 Å². The molecule has 0 radical (unpaired) electrons. The molecule has 5 N–H and O–H groups in total. The van der Waals surface area contributed by atoms with Gasteiger partial charge in [0.2, 0.25) is 11.8 Å². The van der Waals surface area contributed by atoms with Crippen molar-refractivity contribution in [3.63, 3.8) is 0 Å². The summed E-state index contributed by atoms with van der Waals surface area (Å²) < 4.78 is 4.46. The largest absolute Gasteiger partial charge is 0.450 e. The van der Waals surface area contributed by atoms with Crippen LogP contribution < -0.4 is 16.4 Å². The van der Waals surface area contributed by atoms with Crippen molar-refractivity contribution in [3.05, 3.63) is 0 Å². The second-order valence-electron chi connectivity index (χ2n) is 10.6. The van der Waals surface area contributed by atoms with E-state index in [0.717, 1.165) is 25.7 Å². The number of nitrogens with two attached hydrogens (primary N) is 1. The van der Waals surface area contributed by atoms with Crippen molar-refractivity contribution in [2.24, 2.45) is 17.6 Å². The lowest BCUT2D eigenvalue weighted by atomic mass is 9.89. The number of likely N-dealkylation sites (tertiary alicyclic amines) is 1. The molecule has 1 saturated heterocycles. The summed E-state index contributed by atoms with van der Waals surface area (Å²) in [6.45, 7) is 10.8. The van der Waals surface area contributed by atoms with Gasteiger partial charge in [-0.1, -0.05) is 33.1 Å². The number of rotatable bonds is 12. The van der Waals surface area contributed by atoms with Gasteiger partial charge in [-0.2, -0.15) is 0 Å². The third kappa shape index (κ3) is 8.28. The SMILES string of the molecule is CCOC(=O)N[C@@H](C(=O)N1C[C@H](C(=N)N)C[C@H]1C(=O)NCC1CCCCC1)C(C)(C)SC(CC)CC. The molecule has 0 aromatic heterocycles. The van der Waals surface area contributed by atoms with Gasteiger partial charge >= 0.3 is 6.09 Å². The quantitative estimate of drug-likeness (QED) is 0.227. The van der Waals surface area contributed by atoms with Gasteiger partial charge in [0.25, 0.3) is 0 Å². The zero-order valence-corrected chi connectivity index (χ0v) is 23.5. The predicted molar refractivity (Wildman–Crippen MR) is 145 cm³/mol. The number of nitrogens with zero attached hydrogens (tertiary/aromatic N) is 1. The highest BCUT2D eigenvalue weighted by Gasteiger charge is 2.47. The maximum atomic E-state index is 14.0. The number of ether oxygens (including phenoxy) is 1. The van der Waals surface area contributed by atoms with Gasteiger partial charge in [0.05, 0.1) is 12.4 Å². The number of amides is 3. The zero-order chi connectivity index (χ0) is 26.9. The standard InChI is InChI=1S/C26H47N5O4S/c1-6-19(7-2)36-26(4,5)21(30-25(34)35-8-3)24(33)31-16-18(22(27)28)14-20(31)23(32)29-15-17-12-10-9-11-13-17/h17-21H,6-16H2,1-5H3,(H3,27,28)(H,29,32)(H,30,34)/t18-,20+,21+/m1/s1. The van der Waals surface area contributed by atoms with E-state index in [2.05, 4.69) is 24.5 Å². The molecule has 1 saturated carbocycles. The number of amidine groups is 1. The molecule has 2 fully saturated rings. The topological polar surface area (TPSA) is 138 Å². The lowest BCUT2D eigenvalue weighted by molar-refractivity contribution is -0.140. The van der Waals surface area contributed by atoms with Gasteiger partial charge < -0.3 is 26.0 Å². The summed E-state index contributed by atoms with van der Waals surface area (Å²) in [5.74, 6) is -0.509. The van der Waals surface area contributed by atoms with Gasteiger partial charge in [-0.15, -0.1) is 11.8 Å². The molecule has 9 nitrogen and oxygen atoms in total. The Hall–Kier alpha value is -1.97. The summed E-state index contributed by atoms with van der Waals surface area (Å²) in [5.41, 5.74) is 5.82. The highest BCUT2D eigenvalue weighted by molar-refractivity contribution is 8.01. The summed E-state index contributed by atoms with van der Waals surface area (Å²) in [4.78, 5) is 41.3. The third-order valence-electron chi connectivity index (χ3n) is 7.48. The first-order valence-electron chi connectivity index (χ1n) is 13.6. The van der Waals surface area contributed by atoms with Crippen LogP contribution in [0.15, 0.2) is 0 Å². The Morgan fingerprint density at radius 2 is 1.78 bits per heavy atom. The number of carbonyl (C=O) groups is 3. The van der Waals surface area contributed by atoms with Crippen LogP contribution >= 0.6 is 11.8 Å². The second-order valence-corrected chi connectivity index (χ2v) is 12.6. The van der Waals surface area contributed by atoms with Crippen molar-refractivity contribution in [3.8, 4) is 0 Å². The highest BCUT2D eigenvalue weighted by atomic mass is 32.2. The second kappa shape index (κ2) is 14.1. The van der Waals surface area contributed by atoms with E-state index in [-0.39, 0.29) is 30.8 Å². The summed E-state index contributed by atoms with van der Waals surface area (Å²) in [5, 5.41) is 14.1. The summed E-state index contributed by atoms with van der Waals surface area (Å²) in [7, 11) is 0.